The van der Waals surface area contributed by atoms with Gasteiger partial charge in [-0.05, 0) is 60.4 Å². The van der Waals surface area contributed by atoms with Crippen LogP contribution in [0.1, 0.15) is 27.1 Å². The van der Waals surface area contributed by atoms with Crippen molar-refractivity contribution < 1.29 is 4.39 Å². The molecule has 2 rings (SSSR count). The molecule has 0 aliphatic rings. The van der Waals surface area contributed by atoms with Gasteiger partial charge in [-0.3, -0.25) is 0 Å². The zero-order valence-corrected chi connectivity index (χ0v) is 14.4. The molecule has 0 saturated carbocycles. The monoisotopic (exact) mass is 404 g/mol. The summed E-state index contributed by atoms with van der Waals surface area (Å²) < 4.78 is 14.3. The van der Waals surface area contributed by atoms with Crippen LogP contribution in [-0.4, -0.2) is 0 Å². The highest BCUT2D eigenvalue weighted by Crippen LogP contribution is 2.38. The number of hydrogen-bond donors (Lipinski definition) is 0. The van der Waals surface area contributed by atoms with Crippen LogP contribution in [0.15, 0.2) is 34.8 Å². The molecule has 0 aromatic heterocycles. The summed E-state index contributed by atoms with van der Waals surface area (Å²) in [6.07, 6.45) is 0. The molecule has 0 bridgehead atoms. The van der Waals surface area contributed by atoms with E-state index in [0.717, 1.165) is 31.7 Å². The summed E-state index contributed by atoms with van der Waals surface area (Å²) in [5.41, 5.74) is 4.05. The quantitative estimate of drug-likeness (QED) is 0.510. The van der Waals surface area contributed by atoms with Crippen LogP contribution in [0.2, 0.25) is 5.02 Å². The highest BCUT2D eigenvalue weighted by atomic mass is 79.9. The maximum Gasteiger partial charge on any atom is 0.123 e. The summed E-state index contributed by atoms with van der Waals surface area (Å²) >= 11 is 13.2. The first-order valence-electron chi connectivity index (χ1n) is 5.76. The Morgan fingerprint density at radius 1 is 1.05 bits per heavy atom. The molecule has 100 valence electrons. The van der Waals surface area contributed by atoms with Crippen LogP contribution in [0.25, 0.3) is 0 Å². The minimum Gasteiger partial charge on any atom is -0.207 e. The third kappa shape index (κ3) is 3.21. The molecule has 4 heteroatoms. The second-order valence-electron chi connectivity index (χ2n) is 4.49. The Kier molecular flexibility index (Phi) is 4.70. The number of aryl methyl sites for hydroxylation is 2. The fourth-order valence-electron chi connectivity index (χ4n) is 1.95. The van der Waals surface area contributed by atoms with Crippen molar-refractivity contribution in [2.24, 2.45) is 0 Å². The SMILES string of the molecule is Cc1cc(C(Br)c2cc(F)ccc2Br)c(C)cc1Cl. The lowest BCUT2D eigenvalue weighted by Gasteiger charge is -2.17. The minimum absolute atomic E-state index is 0.0754. The molecular weight excluding hydrogens is 394 g/mol. The normalized spacial score (nSPS) is 12.5. The Hall–Kier alpha value is -0.380. The summed E-state index contributed by atoms with van der Waals surface area (Å²) in [5.74, 6) is -0.244. The summed E-state index contributed by atoms with van der Waals surface area (Å²) in [4.78, 5) is -0.0754. The van der Waals surface area contributed by atoms with Crippen LogP contribution in [0, 0.1) is 19.7 Å². The maximum absolute atomic E-state index is 13.4. The fraction of sp³-hybridized carbons (Fsp3) is 0.200. The molecule has 19 heavy (non-hydrogen) atoms. The van der Waals surface area contributed by atoms with Crippen molar-refractivity contribution in [1.29, 1.82) is 0 Å². The van der Waals surface area contributed by atoms with Gasteiger partial charge in [0, 0.05) is 9.50 Å². The molecule has 0 spiro atoms. The molecule has 2 aromatic carbocycles. The highest BCUT2D eigenvalue weighted by molar-refractivity contribution is 9.11. The lowest BCUT2D eigenvalue weighted by atomic mass is 9.98. The molecule has 0 nitrogen and oxygen atoms in total. The number of alkyl halides is 1. The van der Waals surface area contributed by atoms with Gasteiger partial charge in [0.25, 0.3) is 0 Å². The molecule has 0 aliphatic heterocycles. The van der Waals surface area contributed by atoms with Gasteiger partial charge in [-0.25, -0.2) is 4.39 Å². The molecule has 0 N–H and O–H groups in total. The van der Waals surface area contributed by atoms with Crippen molar-refractivity contribution >= 4 is 43.5 Å². The number of rotatable bonds is 2. The van der Waals surface area contributed by atoms with Crippen molar-refractivity contribution in [3.63, 3.8) is 0 Å². The average Bonchev–Trinajstić information content (AvgIpc) is 2.36. The first-order valence-corrected chi connectivity index (χ1v) is 7.84. The number of halogens is 4. The fourth-order valence-corrected chi connectivity index (χ4v) is 3.83. The first kappa shape index (κ1) is 15.0. The lowest BCUT2D eigenvalue weighted by Crippen LogP contribution is -1.99. The van der Waals surface area contributed by atoms with E-state index < -0.39 is 0 Å². The van der Waals surface area contributed by atoms with Crippen molar-refractivity contribution in [1.82, 2.24) is 0 Å². The Balaban J connectivity index is 2.52. The van der Waals surface area contributed by atoms with E-state index in [9.17, 15) is 4.39 Å². The Bertz CT molecular complexity index is 626. The average molecular weight is 407 g/mol. The maximum atomic E-state index is 13.4. The topological polar surface area (TPSA) is 0 Å². The Morgan fingerprint density at radius 3 is 2.42 bits per heavy atom. The van der Waals surface area contributed by atoms with Gasteiger partial charge >= 0.3 is 0 Å². The van der Waals surface area contributed by atoms with E-state index in [1.807, 2.05) is 26.0 Å². The van der Waals surface area contributed by atoms with Gasteiger partial charge in [-0.1, -0.05) is 49.5 Å². The summed E-state index contributed by atoms with van der Waals surface area (Å²) in [7, 11) is 0. The zero-order chi connectivity index (χ0) is 14.2. The van der Waals surface area contributed by atoms with Crippen LogP contribution in [0.4, 0.5) is 4.39 Å². The van der Waals surface area contributed by atoms with Crippen LogP contribution < -0.4 is 0 Å². The van der Waals surface area contributed by atoms with E-state index in [4.69, 9.17) is 11.6 Å². The van der Waals surface area contributed by atoms with E-state index in [1.54, 1.807) is 6.07 Å². The zero-order valence-electron chi connectivity index (χ0n) is 10.5. The van der Waals surface area contributed by atoms with E-state index in [0.29, 0.717) is 0 Å². The number of hydrogen-bond acceptors (Lipinski definition) is 0. The number of benzene rings is 2. The largest absolute Gasteiger partial charge is 0.207 e. The van der Waals surface area contributed by atoms with Gasteiger partial charge in [0.2, 0.25) is 0 Å². The van der Waals surface area contributed by atoms with Crippen molar-refractivity contribution in [3.05, 3.63) is 67.9 Å². The molecule has 1 unspecified atom stereocenters. The van der Waals surface area contributed by atoms with Crippen molar-refractivity contribution in [2.75, 3.05) is 0 Å². The van der Waals surface area contributed by atoms with Gasteiger partial charge in [0.15, 0.2) is 0 Å². The molecular formula is C15H12Br2ClF. The van der Waals surface area contributed by atoms with Crippen LogP contribution in [-0.2, 0) is 0 Å². The summed E-state index contributed by atoms with van der Waals surface area (Å²) in [6.45, 7) is 3.97. The van der Waals surface area contributed by atoms with E-state index in [2.05, 4.69) is 31.9 Å². The minimum atomic E-state index is -0.244. The molecule has 0 heterocycles. The van der Waals surface area contributed by atoms with E-state index in [-0.39, 0.29) is 10.6 Å². The molecule has 1 atom stereocenters. The lowest BCUT2D eigenvalue weighted by molar-refractivity contribution is 0.625. The van der Waals surface area contributed by atoms with Crippen LogP contribution in [0.3, 0.4) is 0 Å². The molecule has 0 saturated heterocycles. The van der Waals surface area contributed by atoms with Crippen molar-refractivity contribution in [2.45, 2.75) is 18.7 Å². The second-order valence-corrected chi connectivity index (χ2v) is 6.66. The van der Waals surface area contributed by atoms with E-state index in [1.165, 1.54) is 12.1 Å². The first-order chi connectivity index (χ1) is 8.90. The predicted molar refractivity (Wildman–Crippen MR) is 85.8 cm³/mol. The molecule has 0 aliphatic carbocycles. The van der Waals surface area contributed by atoms with Crippen LogP contribution in [0.5, 0.6) is 0 Å². The highest BCUT2D eigenvalue weighted by Gasteiger charge is 2.17. The third-order valence-corrected chi connectivity index (χ3v) is 5.17. The molecule has 2 aromatic rings. The van der Waals surface area contributed by atoms with Crippen LogP contribution >= 0.6 is 43.5 Å². The van der Waals surface area contributed by atoms with Gasteiger partial charge < -0.3 is 0 Å². The second kappa shape index (κ2) is 5.94. The molecule has 0 amide bonds. The Labute approximate surface area is 134 Å². The predicted octanol–water partition coefficient (Wildman–Crippen LogP) is 6.34. The summed E-state index contributed by atoms with van der Waals surface area (Å²) in [6, 6.07) is 8.67. The van der Waals surface area contributed by atoms with E-state index >= 15 is 0 Å². The van der Waals surface area contributed by atoms with Gasteiger partial charge in [-0.15, -0.1) is 0 Å². The smallest absolute Gasteiger partial charge is 0.123 e. The third-order valence-electron chi connectivity index (χ3n) is 3.05. The standard InChI is InChI=1S/C15H12Br2ClF/c1-8-6-14(18)9(2)5-11(8)15(17)12-7-10(19)3-4-13(12)16/h3-7,15H,1-2H3. The molecule has 0 radical (unpaired) electrons. The van der Waals surface area contributed by atoms with Gasteiger partial charge in [0.05, 0.1) is 4.83 Å². The van der Waals surface area contributed by atoms with Crippen molar-refractivity contribution in [3.8, 4) is 0 Å². The summed E-state index contributed by atoms with van der Waals surface area (Å²) in [5, 5.41) is 0.749. The molecule has 0 fully saturated rings. The van der Waals surface area contributed by atoms with Gasteiger partial charge in [0.1, 0.15) is 5.82 Å². The van der Waals surface area contributed by atoms with Gasteiger partial charge in [-0.2, -0.15) is 0 Å². The Morgan fingerprint density at radius 2 is 1.74 bits per heavy atom.